The van der Waals surface area contributed by atoms with Gasteiger partial charge in [-0.2, -0.15) is 0 Å². The fourth-order valence-electron chi connectivity index (χ4n) is 1.83. The molecule has 2 saturated heterocycles. The Labute approximate surface area is 84.6 Å². The number of hydrogen-bond donors (Lipinski definition) is 1. The zero-order valence-corrected chi connectivity index (χ0v) is 8.88. The minimum atomic E-state index is -0.137. The molecule has 0 atom stereocenters. The number of carbonyl (C=O) groups excluding carboxylic acids is 1. The summed E-state index contributed by atoms with van der Waals surface area (Å²) in [4.78, 5) is 13.4. The van der Waals surface area contributed by atoms with Gasteiger partial charge in [-0.25, -0.2) is 4.79 Å². The molecule has 1 N–H and O–H groups in total. The van der Waals surface area contributed by atoms with Gasteiger partial charge in [-0.05, 0) is 11.8 Å². The van der Waals surface area contributed by atoms with E-state index < -0.39 is 0 Å². The van der Waals surface area contributed by atoms with Crippen LogP contribution in [0.25, 0.3) is 0 Å². The molecule has 14 heavy (non-hydrogen) atoms. The van der Waals surface area contributed by atoms with Crippen LogP contribution in [0.5, 0.6) is 0 Å². The number of ether oxygens (including phenoxy) is 1. The standard InChI is InChI=1S/C10H18N2O2/c1-10(2)3-4-12(7-10)9(13)14-8-5-11-6-8/h8,11H,3-7H2,1-2H3. The highest BCUT2D eigenvalue weighted by atomic mass is 16.6. The highest BCUT2D eigenvalue weighted by molar-refractivity contribution is 5.68. The van der Waals surface area contributed by atoms with Gasteiger partial charge in [-0.15, -0.1) is 0 Å². The SMILES string of the molecule is CC1(C)CCN(C(=O)OC2CNC2)C1. The average molecular weight is 198 g/mol. The van der Waals surface area contributed by atoms with Crippen LogP contribution in [0.15, 0.2) is 0 Å². The van der Waals surface area contributed by atoms with E-state index in [1.807, 2.05) is 4.90 Å². The van der Waals surface area contributed by atoms with E-state index in [1.54, 1.807) is 0 Å². The monoisotopic (exact) mass is 198 g/mol. The van der Waals surface area contributed by atoms with E-state index >= 15 is 0 Å². The Morgan fingerprint density at radius 3 is 2.64 bits per heavy atom. The Morgan fingerprint density at radius 2 is 2.21 bits per heavy atom. The summed E-state index contributed by atoms with van der Waals surface area (Å²) in [5.74, 6) is 0. The van der Waals surface area contributed by atoms with Gasteiger partial charge in [-0.1, -0.05) is 13.8 Å². The molecule has 0 unspecified atom stereocenters. The molecule has 2 aliphatic rings. The number of hydrogen-bond acceptors (Lipinski definition) is 3. The molecule has 0 aromatic rings. The first-order chi connectivity index (χ1) is 6.57. The predicted molar refractivity (Wildman–Crippen MR) is 53.1 cm³/mol. The van der Waals surface area contributed by atoms with Crippen molar-refractivity contribution in [1.29, 1.82) is 0 Å². The van der Waals surface area contributed by atoms with Crippen molar-refractivity contribution in [3.8, 4) is 0 Å². The van der Waals surface area contributed by atoms with Crippen molar-refractivity contribution < 1.29 is 9.53 Å². The van der Waals surface area contributed by atoms with Crippen LogP contribution >= 0.6 is 0 Å². The van der Waals surface area contributed by atoms with Crippen LogP contribution in [-0.2, 0) is 4.74 Å². The van der Waals surface area contributed by atoms with E-state index in [1.165, 1.54) is 0 Å². The van der Waals surface area contributed by atoms with Crippen molar-refractivity contribution in [2.75, 3.05) is 26.2 Å². The van der Waals surface area contributed by atoms with Crippen LogP contribution in [-0.4, -0.2) is 43.3 Å². The van der Waals surface area contributed by atoms with Crippen LogP contribution in [0.1, 0.15) is 20.3 Å². The van der Waals surface area contributed by atoms with Crippen LogP contribution in [0.3, 0.4) is 0 Å². The van der Waals surface area contributed by atoms with Crippen molar-refractivity contribution in [2.45, 2.75) is 26.4 Å². The molecule has 0 bridgehead atoms. The Kier molecular flexibility index (Phi) is 2.39. The molecule has 0 spiro atoms. The first kappa shape index (κ1) is 9.77. The van der Waals surface area contributed by atoms with Crippen LogP contribution < -0.4 is 5.32 Å². The topological polar surface area (TPSA) is 41.6 Å². The second-order valence-corrected chi connectivity index (χ2v) is 5.00. The summed E-state index contributed by atoms with van der Waals surface area (Å²) < 4.78 is 5.29. The molecule has 1 amide bonds. The number of rotatable bonds is 1. The summed E-state index contributed by atoms with van der Waals surface area (Å²) >= 11 is 0. The van der Waals surface area contributed by atoms with Gasteiger partial charge in [0.25, 0.3) is 0 Å². The first-order valence-corrected chi connectivity index (χ1v) is 5.23. The summed E-state index contributed by atoms with van der Waals surface area (Å²) in [7, 11) is 0. The van der Waals surface area contributed by atoms with Gasteiger partial charge >= 0.3 is 6.09 Å². The molecule has 80 valence electrons. The number of amides is 1. The number of nitrogens with one attached hydrogen (secondary N) is 1. The van der Waals surface area contributed by atoms with E-state index in [9.17, 15) is 4.79 Å². The second-order valence-electron chi connectivity index (χ2n) is 5.00. The largest absolute Gasteiger partial charge is 0.443 e. The Morgan fingerprint density at radius 1 is 1.50 bits per heavy atom. The van der Waals surface area contributed by atoms with Crippen LogP contribution in [0.4, 0.5) is 4.79 Å². The summed E-state index contributed by atoms with van der Waals surface area (Å²) in [6.45, 7) is 7.65. The molecule has 4 heteroatoms. The summed E-state index contributed by atoms with van der Waals surface area (Å²) in [5.41, 5.74) is 0.261. The molecular weight excluding hydrogens is 180 g/mol. The number of carbonyl (C=O) groups is 1. The maximum atomic E-state index is 11.6. The zero-order chi connectivity index (χ0) is 10.2. The van der Waals surface area contributed by atoms with Crippen molar-refractivity contribution in [3.05, 3.63) is 0 Å². The Hall–Kier alpha value is -0.770. The van der Waals surface area contributed by atoms with E-state index in [-0.39, 0.29) is 17.6 Å². The quantitative estimate of drug-likeness (QED) is 0.678. The normalized spacial score (nSPS) is 26.0. The van der Waals surface area contributed by atoms with Gasteiger partial charge in [0.05, 0.1) is 0 Å². The first-order valence-electron chi connectivity index (χ1n) is 5.23. The second kappa shape index (κ2) is 3.42. The lowest BCUT2D eigenvalue weighted by Crippen LogP contribution is -2.51. The molecule has 0 radical (unpaired) electrons. The predicted octanol–water partition coefficient (Wildman–Crippen LogP) is 0.827. The summed E-state index contributed by atoms with van der Waals surface area (Å²) in [5, 5.41) is 3.08. The lowest BCUT2D eigenvalue weighted by Gasteiger charge is -2.29. The molecule has 0 aliphatic carbocycles. The maximum Gasteiger partial charge on any atom is 0.410 e. The molecule has 0 saturated carbocycles. The van der Waals surface area contributed by atoms with E-state index in [4.69, 9.17) is 4.74 Å². The molecule has 4 nitrogen and oxygen atoms in total. The van der Waals surface area contributed by atoms with Gasteiger partial charge in [0.2, 0.25) is 0 Å². The third kappa shape index (κ3) is 2.00. The molecule has 2 fully saturated rings. The highest BCUT2D eigenvalue weighted by Gasteiger charge is 2.34. The molecule has 0 aromatic carbocycles. The van der Waals surface area contributed by atoms with Gasteiger partial charge < -0.3 is 15.0 Å². The van der Waals surface area contributed by atoms with E-state index in [0.29, 0.717) is 0 Å². The third-order valence-corrected chi connectivity index (χ3v) is 2.95. The van der Waals surface area contributed by atoms with Crippen molar-refractivity contribution in [2.24, 2.45) is 5.41 Å². The van der Waals surface area contributed by atoms with Crippen molar-refractivity contribution in [3.63, 3.8) is 0 Å². The minimum absolute atomic E-state index is 0.103. The lowest BCUT2D eigenvalue weighted by atomic mass is 9.93. The fraction of sp³-hybridized carbons (Fsp3) is 0.900. The molecular formula is C10H18N2O2. The summed E-state index contributed by atoms with van der Waals surface area (Å²) in [6, 6.07) is 0. The fourth-order valence-corrected chi connectivity index (χ4v) is 1.83. The molecule has 2 aliphatic heterocycles. The van der Waals surface area contributed by atoms with Crippen molar-refractivity contribution >= 4 is 6.09 Å². The number of likely N-dealkylation sites (tertiary alicyclic amines) is 1. The highest BCUT2D eigenvalue weighted by Crippen LogP contribution is 2.29. The van der Waals surface area contributed by atoms with Gasteiger partial charge in [0.1, 0.15) is 6.10 Å². The van der Waals surface area contributed by atoms with Crippen molar-refractivity contribution in [1.82, 2.24) is 10.2 Å². The van der Waals surface area contributed by atoms with E-state index in [0.717, 1.165) is 32.6 Å². The van der Waals surface area contributed by atoms with Crippen LogP contribution in [0, 0.1) is 5.41 Å². The smallest absolute Gasteiger partial charge is 0.410 e. The minimum Gasteiger partial charge on any atom is -0.443 e. The van der Waals surface area contributed by atoms with Gasteiger partial charge in [0.15, 0.2) is 0 Å². The number of nitrogens with zero attached hydrogens (tertiary/aromatic N) is 1. The Bertz CT molecular complexity index is 236. The summed E-state index contributed by atoms with van der Waals surface area (Å²) in [6.07, 6.45) is 1.04. The van der Waals surface area contributed by atoms with E-state index in [2.05, 4.69) is 19.2 Å². The van der Waals surface area contributed by atoms with Gasteiger partial charge in [-0.3, -0.25) is 0 Å². The lowest BCUT2D eigenvalue weighted by molar-refractivity contribution is 0.0420. The van der Waals surface area contributed by atoms with Crippen LogP contribution in [0.2, 0.25) is 0 Å². The Balaban J connectivity index is 1.80. The zero-order valence-electron chi connectivity index (χ0n) is 8.88. The maximum absolute atomic E-state index is 11.6. The molecule has 2 rings (SSSR count). The van der Waals surface area contributed by atoms with Gasteiger partial charge in [0, 0.05) is 26.2 Å². The third-order valence-electron chi connectivity index (χ3n) is 2.95. The molecule has 2 heterocycles. The molecule has 0 aromatic heterocycles. The average Bonchev–Trinajstić information content (AvgIpc) is 2.38.